The number of aromatic nitrogens is 1. The number of allylic oxidation sites excluding steroid dienone is 1. The van der Waals surface area contributed by atoms with Crippen LogP contribution in [0.2, 0.25) is 0 Å². The van der Waals surface area contributed by atoms with E-state index < -0.39 is 24.4 Å². The highest BCUT2D eigenvalue weighted by Gasteiger charge is 2.16. The van der Waals surface area contributed by atoms with Gasteiger partial charge < -0.3 is 15.0 Å². The van der Waals surface area contributed by atoms with E-state index in [1.165, 1.54) is 26.4 Å². The van der Waals surface area contributed by atoms with Crippen molar-refractivity contribution in [3.63, 3.8) is 0 Å². The minimum absolute atomic E-state index is 0.226. The number of pyridine rings is 1. The fraction of sp³-hybridized carbons (Fsp3) is 0.269. The predicted octanol–water partition coefficient (Wildman–Crippen LogP) is 4.93. The molecule has 0 fully saturated rings. The first-order valence-electron chi connectivity index (χ1n) is 12.3. The number of nitrogens with one attached hydrogen (secondary N) is 1. The van der Waals surface area contributed by atoms with Crippen molar-refractivity contribution in [2.75, 3.05) is 32.5 Å². The molecule has 33 heavy (non-hydrogen) atoms. The van der Waals surface area contributed by atoms with Gasteiger partial charge in [0.1, 0.15) is 17.6 Å². The smallest absolute Gasteiger partial charge is 0.159 e. The molecule has 1 heterocycles. The highest BCUT2D eigenvalue weighted by molar-refractivity contribution is 5.98. The molecule has 0 radical (unpaired) electrons. The topological polar surface area (TPSA) is 78.2 Å². The van der Waals surface area contributed by atoms with Crippen LogP contribution in [0.3, 0.4) is 0 Å². The zero-order valence-electron chi connectivity index (χ0n) is 22.9. The molecule has 0 aliphatic carbocycles. The number of anilines is 2. The monoisotopic (exact) mass is 450 g/mol. The number of carbonyl (C=O) groups excluding carboxylic acids is 1. The zero-order valence-corrected chi connectivity index (χ0v) is 18.9. The molecule has 0 bridgehead atoms. The highest BCUT2D eigenvalue weighted by Crippen LogP contribution is 2.34. The quantitative estimate of drug-likeness (QED) is 0.466. The summed E-state index contributed by atoms with van der Waals surface area (Å²) >= 11 is 0. The Labute approximate surface area is 198 Å². The average Bonchev–Trinajstić information content (AvgIpc) is 2.86. The summed E-state index contributed by atoms with van der Waals surface area (Å²) in [5.74, 6) is -0.775. The third kappa shape index (κ3) is 5.93. The third-order valence-corrected chi connectivity index (χ3v) is 4.73. The molecule has 0 aliphatic rings. The van der Waals surface area contributed by atoms with Crippen molar-refractivity contribution in [3.8, 4) is 11.8 Å². The van der Waals surface area contributed by atoms with E-state index in [1.54, 1.807) is 38.1 Å². The van der Waals surface area contributed by atoms with E-state index in [1.807, 2.05) is 0 Å². The number of nitriles is 1. The van der Waals surface area contributed by atoms with Gasteiger partial charge in [-0.25, -0.2) is 4.39 Å². The second-order valence-electron chi connectivity index (χ2n) is 7.51. The second kappa shape index (κ2) is 10.7. The Hall–Kier alpha value is -3.76. The Bertz CT molecular complexity index is 1430. The number of likely N-dealkylation sites (N-methyl/N-ethyl adjacent to an activating group) is 1. The maximum atomic E-state index is 13.8. The molecule has 0 spiro atoms. The molecule has 3 rings (SSSR count). The predicted molar refractivity (Wildman–Crippen MR) is 128 cm³/mol. The van der Waals surface area contributed by atoms with E-state index in [0.717, 1.165) is 4.90 Å². The number of nitrogens with zero attached hydrogens (tertiary/aromatic N) is 3. The van der Waals surface area contributed by atoms with Gasteiger partial charge in [-0.05, 0) is 63.8 Å². The molecule has 7 heteroatoms. The fourth-order valence-corrected chi connectivity index (χ4v) is 3.21. The van der Waals surface area contributed by atoms with Gasteiger partial charge >= 0.3 is 0 Å². The lowest BCUT2D eigenvalue weighted by Crippen LogP contribution is -2.11. The molecule has 0 atom stereocenters. The summed E-state index contributed by atoms with van der Waals surface area (Å²) in [6.07, 6.45) is 1.07. The first-order valence-corrected chi connectivity index (χ1v) is 10.3. The number of benzene rings is 2. The van der Waals surface area contributed by atoms with Crippen LogP contribution in [0.15, 0.2) is 48.6 Å². The standard InChI is InChI=1S/C26H27FN4O2/c1-5-33-25-14-24-22(13-18(25)12-21(32)7-6-10-31(3)4)26(19(15-28)16-29-24)30-20-8-9-23(27)17(2)11-20/h6-9,11,13-14,16H,5,10,12H2,1-4H3,(H,29,30)/b7-6+/i6D,7D,10D2. The van der Waals surface area contributed by atoms with Crippen LogP contribution in [0.4, 0.5) is 15.8 Å². The molecular formula is C26H27FN4O2. The van der Waals surface area contributed by atoms with Crippen molar-refractivity contribution in [2.45, 2.75) is 20.3 Å². The van der Waals surface area contributed by atoms with E-state index >= 15 is 0 Å². The lowest BCUT2D eigenvalue weighted by Gasteiger charge is -2.15. The van der Waals surface area contributed by atoms with Gasteiger partial charge in [0.05, 0.1) is 26.1 Å². The van der Waals surface area contributed by atoms with E-state index in [2.05, 4.69) is 16.4 Å². The van der Waals surface area contributed by atoms with Gasteiger partial charge in [-0.15, -0.1) is 0 Å². The summed E-state index contributed by atoms with van der Waals surface area (Å²) < 4.78 is 51.7. The largest absolute Gasteiger partial charge is 0.494 e. The highest BCUT2D eigenvalue weighted by atomic mass is 19.1. The molecule has 2 aromatic carbocycles. The summed E-state index contributed by atoms with van der Waals surface area (Å²) in [7, 11) is 2.83. The van der Waals surface area contributed by atoms with E-state index in [0.29, 0.717) is 45.8 Å². The molecular weight excluding hydrogens is 419 g/mol. The number of ketones is 1. The zero-order chi connectivity index (χ0) is 27.5. The lowest BCUT2D eigenvalue weighted by molar-refractivity contribution is -0.114. The fourth-order valence-electron chi connectivity index (χ4n) is 3.21. The Morgan fingerprint density at radius 1 is 1.39 bits per heavy atom. The van der Waals surface area contributed by atoms with E-state index in [9.17, 15) is 14.4 Å². The molecule has 170 valence electrons. The first-order chi connectivity index (χ1) is 17.4. The number of halogens is 1. The number of hydrogen-bond acceptors (Lipinski definition) is 6. The van der Waals surface area contributed by atoms with Crippen molar-refractivity contribution < 1.29 is 19.4 Å². The van der Waals surface area contributed by atoms with Gasteiger partial charge in [-0.2, -0.15) is 5.26 Å². The summed E-state index contributed by atoms with van der Waals surface area (Å²) in [5.41, 5.74) is 2.47. The van der Waals surface area contributed by atoms with Crippen LogP contribution >= 0.6 is 0 Å². The maximum absolute atomic E-state index is 13.8. The van der Waals surface area contributed by atoms with Crippen LogP contribution in [0.5, 0.6) is 5.75 Å². The lowest BCUT2D eigenvalue weighted by atomic mass is 10.0. The summed E-state index contributed by atoms with van der Waals surface area (Å²) in [6, 6.07) is 8.31. The van der Waals surface area contributed by atoms with Crippen molar-refractivity contribution in [1.29, 1.82) is 5.26 Å². The summed E-state index contributed by atoms with van der Waals surface area (Å²) in [4.78, 5) is 18.4. The van der Waals surface area contributed by atoms with E-state index in [4.69, 9.17) is 10.2 Å². The number of ether oxygens (including phenoxy) is 1. The second-order valence-corrected chi connectivity index (χ2v) is 7.51. The number of hydrogen-bond donors (Lipinski definition) is 1. The van der Waals surface area contributed by atoms with Crippen molar-refractivity contribution in [3.05, 3.63) is 71.1 Å². The Balaban J connectivity index is 2.14. The van der Waals surface area contributed by atoms with Gasteiger partial charge in [-0.3, -0.25) is 9.78 Å². The Kier molecular flexibility index (Phi) is 6.09. The van der Waals surface area contributed by atoms with Gasteiger partial charge in [0.2, 0.25) is 0 Å². The van der Waals surface area contributed by atoms with Crippen LogP contribution in [0.1, 0.15) is 29.1 Å². The number of aryl methyl sites for hydroxylation is 1. The van der Waals surface area contributed by atoms with Crippen LogP contribution in [0.25, 0.3) is 10.9 Å². The Morgan fingerprint density at radius 3 is 2.85 bits per heavy atom. The molecule has 0 saturated carbocycles. The van der Waals surface area contributed by atoms with Crippen LogP contribution < -0.4 is 10.1 Å². The van der Waals surface area contributed by atoms with Crippen LogP contribution in [0, 0.1) is 24.1 Å². The van der Waals surface area contributed by atoms with Gasteiger partial charge in [-0.1, -0.05) is 6.05 Å². The SMILES string of the molecule is [2H]/C(C(=O)Cc1cc2c(Nc3ccc(F)c(C)c3)c(C#N)cnc2cc1OCC)=C(/[2H])C([2H])([2H])N(C)C. The minimum atomic E-state index is -2.30. The molecule has 0 unspecified atom stereocenters. The molecule has 0 amide bonds. The molecule has 1 aromatic heterocycles. The molecule has 0 saturated heterocycles. The number of carbonyl (C=O) groups is 1. The van der Waals surface area contributed by atoms with Gasteiger partial charge in [0.25, 0.3) is 0 Å². The van der Waals surface area contributed by atoms with Crippen molar-refractivity contribution in [2.24, 2.45) is 0 Å². The first kappa shape index (κ1) is 18.8. The average molecular weight is 451 g/mol. The molecule has 6 nitrogen and oxygen atoms in total. The van der Waals surface area contributed by atoms with Crippen LogP contribution in [-0.4, -0.2) is 42.9 Å². The normalized spacial score (nSPS) is 14.0. The molecule has 1 N–H and O–H groups in total. The van der Waals surface area contributed by atoms with Gasteiger partial charge in [0.15, 0.2) is 5.78 Å². The Morgan fingerprint density at radius 2 is 2.18 bits per heavy atom. The number of fused-ring (bicyclic) bond motifs is 1. The molecule has 0 aliphatic heterocycles. The van der Waals surface area contributed by atoms with Crippen molar-refractivity contribution in [1.82, 2.24) is 9.88 Å². The molecule has 3 aromatic rings. The minimum Gasteiger partial charge on any atom is -0.494 e. The van der Waals surface area contributed by atoms with E-state index in [-0.39, 0.29) is 17.8 Å². The summed E-state index contributed by atoms with van der Waals surface area (Å²) in [6.45, 7) is 1.39. The number of rotatable bonds is 9. The van der Waals surface area contributed by atoms with Gasteiger partial charge in [0, 0.05) is 44.6 Å². The maximum Gasteiger partial charge on any atom is 0.159 e. The summed E-state index contributed by atoms with van der Waals surface area (Å²) in [5, 5.41) is 13.4. The van der Waals surface area contributed by atoms with Crippen LogP contribution in [-0.2, 0) is 11.2 Å². The third-order valence-electron chi connectivity index (χ3n) is 4.73. The van der Waals surface area contributed by atoms with Crippen molar-refractivity contribution >= 4 is 28.1 Å².